The minimum absolute atomic E-state index is 0. The van der Waals surface area contributed by atoms with E-state index >= 15 is 0 Å². The van der Waals surface area contributed by atoms with Crippen molar-refractivity contribution in [2.24, 2.45) is 0 Å². The van der Waals surface area contributed by atoms with Crippen molar-refractivity contribution >= 4 is 9.47 Å². The molecule has 0 aromatic rings. The van der Waals surface area contributed by atoms with Gasteiger partial charge in [-0.25, -0.2) is 0 Å². The van der Waals surface area contributed by atoms with E-state index in [1.54, 1.807) is 0 Å². The maximum absolute atomic E-state index is 8.47. The van der Waals surface area contributed by atoms with Gasteiger partial charge in [0.1, 0.15) is 0 Å². The first-order valence-corrected chi connectivity index (χ1v) is 2.28. The zero-order chi connectivity index (χ0) is 4.71. The van der Waals surface area contributed by atoms with E-state index in [4.69, 9.17) is 12.2 Å². The second kappa shape index (κ2) is 30.0. The summed E-state index contributed by atoms with van der Waals surface area (Å²) >= 11 is -1.81. The Balaban J connectivity index is -0.0000000275. The first-order chi connectivity index (χ1) is 2.41. The molecule has 0 aromatic heterocycles. The summed E-state index contributed by atoms with van der Waals surface area (Å²) in [5.41, 5.74) is 0. The quantitative estimate of drug-likeness (QED) is 0.563. The minimum Gasteiger partial charge on any atom is 0 e. The Hall–Kier alpha value is 1.68. The van der Waals surface area contributed by atoms with E-state index in [0.29, 0.717) is 0 Å². The van der Waals surface area contributed by atoms with Crippen LogP contribution in [0.3, 0.4) is 0 Å². The van der Waals surface area contributed by atoms with E-state index in [-0.39, 0.29) is 32.7 Å². The molecule has 0 aliphatic rings. The largest absolute Gasteiger partial charge is 0 e. The van der Waals surface area contributed by atoms with Crippen molar-refractivity contribution in [3.05, 3.63) is 0 Å². The van der Waals surface area contributed by atoms with Crippen LogP contribution >= 0.6 is 9.47 Å². The predicted molar refractivity (Wildman–Crippen MR) is 13.3 cm³/mol. The first-order valence-electron chi connectivity index (χ1n) is 0.623. The molecule has 1 N–H and O–H groups in total. The summed E-state index contributed by atoms with van der Waals surface area (Å²) in [5, 5.41) is 0. The van der Waals surface area contributed by atoms with Crippen LogP contribution in [0.25, 0.3) is 0 Å². The second-order valence-electron chi connectivity index (χ2n) is 0.0745. The third-order valence-electron chi connectivity index (χ3n) is 0. The van der Waals surface area contributed by atoms with E-state index in [9.17, 15) is 0 Å². The smallest absolute Gasteiger partial charge is 0 e. The topological polar surface area (TPSA) is 54.4 Å². The molecule has 0 aliphatic heterocycles. The number of rotatable bonds is 0. The fourth-order valence-electron chi connectivity index (χ4n) is 0. The second-order valence-corrected chi connectivity index (χ2v) is 0.307. The van der Waals surface area contributed by atoms with Gasteiger partial charge in [0.05, 0.1) is 0 Å². The maximum Gasteiger partial charge on any atom is 0 e. The average Bonchev–Trinajstić information content (AvgIpc) is 1.46. The molecular formula is H3O3PVY. The Morgan fingerprint density at radius 3 is 1.33 bits per heavy atom. The third-order valence-corrected chi connectivity index (χ3v) is 0. The van der Waals surface area contributed by atoms with Crippen LogP contribution in [0.4, 0.5) is 0 Å². The van der Waals surface area contributed by atoms with Crippen molar-refractivity contribution in [2.45, 2.75) is 0 Å². The Bertz CT molecular complexity index is 31.8. The van der Waals surface area contributed by atoms with E-state index in [2.05, 4.69) is 0 Å². The van der Waals surface area contributed by atoms with Crippen LogP contribution in [-0.4, -0.2) is 4.89 Å². The van der Waals surface area contributed by atoms with Crippen molar-refractivity contribution in [1.29, 1.82) is 0 Å². The van der Waals surface area contributed by atoms with Crippen LogP contribution in [-0.2, 0) is 56.2 Å². The molecule has 6 heavy (non-hydrogen) atoms. The molecule has 0 amide bonds. The summed E-state index contributed by atoms with van der Waals surface area (Å²) in [4.78, 5) is 6.92. The zero-order valence-corrected chi connectivity index (χ0v) is 8.26. The van der Waals surface area contributed by atoms with Gasteiger partial charge in [-0.05, 0) is 9.47 Å². The molecule has 3 nitrogen and oxygen atoms in total. The molecule has 0 saturated heterocycles. The summed E-state index contributed by atoms with van der Waals surface area (Å²) in [6.45, 7) is 0. The molecule has 6 heteroatoms. The summed E-state index contributed by atoms with van der Waals surface area (Å²) in [5.74, 6) is 0. The summed E-state index contributed by atoms with van der Waals surface area (Å²) in [6.07, 6.45) is 0. The molecule has 0 aliphatic carbocycles. The molecule has 0 fully saturated rings. The van der Waals surface area contributed by atoms with Crippen LogP contribution in [0, 0.1) is 0 Å². The Morgan fingerprint density at radius 1 is 1.33 bits per heavy atom. The Labute approximate surface area is 70.0 Å². The molecule has 0 spiro atoms. The van der Waals surface area contributed by atoms with E-state index in [1.165, 1.54) is 9.47 Å². The zero-order valence-electron chi connectivity index (χ0n) is 2.87. The molecule has 1 radical (unpaired) electrons. The van der Waals surface area contributed by atoms with E-state index in [1.807, 2.05) is 0 Å². The van der Waals surface area contributed by atoms with Gasteiger partial charge in [0.25, 0.3) is 0 Å². The van der Waals surface area contributed by atoms with Gasteiger partial charge in [-0.1, -0.05) is 0 Å². The van der Waals surface area contributed by atoms with Crippen LogP contribution < -0.4 is 0 Å². The van der Waals surface area contributed by atoms with E-state index in [0.717, 1.165) is 0 Å². The monoisotopic (exact) mass is 222 g/mol. The van der Waals surface area contributed by atoms with Crippen molar-refractivity contribution in [3.8, 4) is 0 Å². The predicted octanol–water partition coefficient (Wildman–Crippen LogP) is -0.474. The summed E-state index contributed by atoms with van der Waals surface area (Å²) in [6, 6.07) is 0. The third kappa shape index (κ3) is 44.1. The Morgan fingerprint density at radius 2 is 1.33 bits per heavy atom. The molecule has 34 valence electrons. The molecular weight excluding hydrogens is 219 g/mol. The van der Waals surface area contributed by atoms with Crippen molar-refractivity contribution < 1.29 is 61.1 Å². The van der Waals surface area contributed by atoms with Gasteiger partial charge in [-0.15, -0.1) is 0 Å². The van der Waals surface area contributed by atoms with Gasteiger partial charge in [-0.2, -0.15) is 0 Å². The number of hydrogen-bond donors (Lipinski definition) is 1. The summed E-state index contributed by atoms with van der Waals surface area (Å²) < 4.78 is 16.9. The molecule has 0 saturated carbocycles. The van der Waals surface area contributed by atoms with E-state index < -0.39 is 16.2 Å². The van der Waals surface area contributed by atoms with Gasteiger partial charge >= 0.3 is 23.5 Å². The fraction of sp³-hybridized carbons (Fsp3) is 0. The van der Waals surface area contributed by atoms with Gasteiger partial charge in [-0.3, -0.25) is 0 Å². The van der Waals surface area contributed by atoms with Crippen molar-refractivity contribution in [3.63, 3.8) is 0 Å². The average molecular weight is 222 g/mol. The van der Waals surface area contributed by atoms with Gasteiger partial charge in [0, 0.05) is 32.7 Å². The normalized spacial score (nSPS) is 2.33. The Kier molecular flexibility index (Phi) is 78.3. The number of hydrogen-bond acceptors (Lipinski definition) is 3. The minimum atomic E-state index is -1.81. The van der Waals surface area contributed by atoms with Crippen LogP contribution in [0.1, 0.15) is 0 Å². The molecule has 0 bridgehead atoms. The summed E-state index contributed by atoms with van der Waals surface area (Å²) in [7, 11) is 1.42. The molecule has 1 atom stereocenters. The molecule has 1 unspecified atom stereocenters. The van der Waals surface area contributed by atoms with Gasteiger partial charge in [0.15, 0.2) is 0 Å². The van der Waals surface area contributed by atoms with Crippen molar-refractivity contribution in [2.75, 3.05) is 0 Å². The SMILES string of the molecule is OP.[O]=[V]=[O].[Y]. The van der Waals surface area contributed by atoms with Crippen LogP contribution in [0.15, 0.2) is 0 Å². The van der Waals surface area contributed by atoms with Crippen LogP contribution in [0.2, 0.25) is 0 Å². The standard InChI is InChI=1S/H3OP.2O.V.Y/c1-2;;;;/h1H,2H2;;;;. The molecule has 0 heterocycles. The maximum atomic E-state index is 8.47. The van der Waals surface area contributed by atoms with Crippen molar-refractivity contribution in [1.82, 2.24) is 0 Å². The van der Waals surface area contributed by atoms with Gasteiger partial charge < -0.3 is 4.89 Å². The fourth-order valence-corrected chi connectivity index (χ4v) is 0. The van der Waals surface area contributed by atoms with Gasteiger partial charge in [0.2, 0.25) is 0 Å². The molecule has 0 rings (SSSR count). The molecule has 0 aromatic carbocycles. The van der Waals surface area contributed by atoms with Crippen LogP contribution in [0.5, 0.6) is 0 Å². The first kappa shape index (κ1) is 15.6.